The first kappa shape index (κ1) is 21.2. The van der Waals surface area contributed by atoms with Crippen LogP contribution in [0.2, 0.25) is 0 Å². The van der Waals surface area contributed by atoms with Gasteiger partial charge in [-0.3, -0.25) is 4.79 Å². The first-order chi connectivity index (χ1) is 16.4. The lowest BCUT2D eigenvalue weighted by Crippen LogP contribution is -2.45. The van der Waals surface area contributed by atoms with E-state index in [1.54, 1.807) is 9.42 Å². The summed E-state index contributed by atoms with van der Waals surface area (Å²) in [6.45, 7) is 4.21. The van der Waals surface area contributed by atoms with Gasteiger partial charge in [-0.2, -0.15) is 4.52 Å². The Labute approximate surface area is 195 Å². The maximum absolute atomic E-state index is 13.4. The second-order valence-corrected chi connectivity index (χ2v) is 9.67. The van der Waals surface area contributed by atoms with Gasteiger partial charge in [-0.05, 0) is 79.5 Å². The molecule has 1 spiro atoms. The van der Waals surface area contributed by atoms with Crippen LogP contribution in [0.15, 0.2) is 42.1 Å². The van der Waals surface area contributed by atoms with Gasteiger partial charge in [0.2, 0.25) is 5.91 Å². The Morgan fingerprint density at radius 2 is 2.03 bits per heavy atom. The Bertz CT molecular complexity index is 1330. The number of aliphatic hydroxyl groups excluding tert-OH is 1. The summed E-state index contributed by atoms with van der Waals surface area (Å²) < 4.78 is 6.71. The Hall–Kier alpha value is -3.37. The SMILES string of the molecule is C[C@H]1CC2(CCN(C[C@@H](O)c3ccc4c(ccc5nnnn54)c3)CC2)C(=O)N1C1=CC(=O)OC1. The summed E-state index contributed by atoms with van der Waals surface area (Å²) in [6.07, 6.45) is 3.08. The zero-order valence-corrected chi connectivity index (χ0v) is 18.9. The molecule has 6 rings (SSSR count). The lowest BCUT2D eigenvalue weighted by Gasteiger charge is -2.38. The third-order valence-electron chi connectivity index (χ3n) is 7.57. The molecule has 1 amide bonds. The van der Waals surface area contributed by atoms with Gasteiger partial charge in [-0.25, -0.2) is 4.79 Å². The molecule has 5 heterocycles. The molecule has 1 aromatic carbocycles. The van der Waals surface area contributed by atoms with Gasteiger partial charge in [0.1, 0.15) is 6.61 Å². The van der Waals surface area contributed by atoms with Crippen molar-refractivity contribution in [3.8, 4) is 0 Å². The highest BCUT2D eigenvalue weighted by Gasteiger charge is 2.52. The van der Waals surface area contributed by atoms with Crippen LogP contribution in [-0.4, -0.2) is 79.1 Å². The number of esters is 1. The molecule has 1 N–H and O–H groups in total. The minimum atomic E-state index is -0.635. The van der Waals surface area contributed by atoms with Crippen LogP contribution < -0.4 is 0 Å². The van der Waals surface area contributed by atoms with Gasteiger partial charge in [0.15, 0.2) is 5.65 Å². The van der Waals surface area contributed by atoms with E-state index in [0.717, 1.165) is 48.8 Å². The fourth-order valence-corrected chi connectivity index (χ4v) is 5.79. The number of β-amino-alcohol motifs (C(OH)–C–C–N with tert-alkyl or cyclic N) is 1. The molecule has 2 aromatic heterocycles. The van der Waals surface area contributed by atoms with Crippen LogP contribution in [0.3, 0.4) is 0 Å². The molecular formula is C24H26N6O4. The predicted octanol–water partition coefficient (Wildman–Crippen LogP) is 1.45. The molecule has 0 unspecified atom stereocenters. The molecule has 10 heteroatoms. The van der Waals surface area contributed by atoms with Crippen LogP contribution in [0.4, 0.5) is 0 Å². The third-order valence-corrected chi connectivity index (χ3v) is 7.57. The Kier molecular flexibility index (Phi) is 4.89. The summed E-state index contributed by atoms with van der Waals surface area (Å²) in [5, 5.41) is 23.6. The van der Waals surface area contributed by atoms with E-state index >= 15 is 0 Å². The van der Waals surface area contributed by atoms with Crippen molar-refractivity contribution in [2.45, 2.75) is 38.3 Å². The number of rotatable bonds is 4. The smallest absolute Gasteiger partial charge is 0.333 e. The largest absolute Gasteiger partial charge is 0.456 e. The maximum atomic E-state index is 13.4. The summed E-state index contributed by atoms with van der Waals surface area (Å²) in [7, 11) is 0. The van der Waals surface area contributed by atoms with E-state index in [0.29, 0.717) is 17.9 Å². The standard InChI is InChI=1S/C24H26N6O4/c1-15-12-24(23(33)29(15)18-11-22(32)34-14-18)6-8-28(9-7-24)13-20(31)17-2-4-19-16(10-17)3-5-21-25-26-27-30(19)21/h2-5,10-11,15,20,31H,6-9,12-14H2,1H3/t15-,20+/m0/s1. The third kappa shape index (κ3) is 3.36. The van der Waals surface area contributed by atoms with E-state index in [2.05, 4.69) is 20.4 Å². The number of carbonyl (C=O) groups excluding carboxylic acids is 2. The molecule has 10 nitrogen and oxygen atoms in total. The number of carbonyl (C=O) groups is 2. The number of hydrogen-bond acceptors (Lipinski definition) is 8. The fourth-order valence-electron chi connectivity index (χ4n) is 5.79. The van der Waals surface area contributed by atoms with Crippen molar-refractivity contribution in [1.29, 1.82) is 0 Å². The summed E-state index contributed by atoms with van der Waals surface area (Å²) in [4.78, 5) is 28.9. The van der Waals surface area contributed by atoms with Crippen molar-refractivity contribution in [3.05, 3.63) is 47.7 Å². The van der Waals surface area contributed by atoms with Crippen molar-refractivity contribution >= 4 is 28.4 Å². The number of tetrazole rings is 1. The Balaban J connectivity index is 1.13. The van der Waals surface area contributed by atoms with Crippen molar-refractivity contribution < 1.29 is 19.4 Å². The first-order valence-corrected chi connectivity index (χ1v) is 11.7. The Morgan fingerprint density at radius 3 is 2.79 bits per heavy atom. The highest BCUT2D eigenvalue weighted by Crippen LogP contribution is 2.46. The Morgan fingerprint density at radius 1 is 1.21 bits per heavy atom. The molecule has 2 saturated heterocycles. The van der Waals surface area contributed by atoms with Gasteiger partial charge in [-0.15, -0.1) is 5.10 Å². The average Bonchev–Trinajstić information content (AvgIpc) is 3.54. The first-order valence-electron chi connectivity index (χ1n) is 11.7. The molecule has 0 bridgehead atoms. The van der Waals surface area contributed by atoms with E-state index in [-0.39, 0.29) is 24.5 Å². The number of fused-ring (bicyclic) bond motifs is 3. The highest BCUT2D eigenvalue weighted by molar-refractivity contribution is 5.91. The van der Waals surface area contributed by atoms with Crippen LogP contribution in [0, 0.1) is 5.41 Å². The second kappa shape index (κ2) is 7.85. The number of cyclic esters (lactones) is 1. The second-order valence-electron chi connectivity index (χ2n) is 9.67. The van der Waals surface area contributed by atoms with E-state index in [1.165, 1.54) is 6.08 Å². The summed E-state index contributed by atoms with van der Waals surface area (Å²) in [5.41, 5.74) is 2.69. The van der Waals surface area contributed by atoms with Crippen molar-refractivity contribution in [1.82, 2.24) is 29.8 Å². The molecule has 2 fully saturated rings. The number of aliphatic hydroxyl groups is 1. The van der Waals surface area contributed by atoms with E-state index in [4.69, 9.17) is 4.74 Å². The topological polar surface area (TPSA) is 113 Å². The van der Waals surface area contributed by atoms with Crippen LogP contribution in [0.5, 0.6) is 0 Å². The lowest BCUT2D eigenvalue weighted by molar-refractivity contribution is -0.139. The number of amides is 1. The van der Waals surface area contributed by atoms with Crippen molar-refractivity contribution in [3.63, 3.8) is 0 Å². The summed E-state index contributed by atoms with van der Waals surface area (Å²) in [6, 6.07) is 9.69. The van der Waals surface area contributed by atoms with Gasteiger partial charge in [0.25, 0.3) is 0 Å². The van der Waals surface area contributed by atoms with Crippen molar-refractivity contribution in [2.24, 2.45) is 5.41 Å². The van der Waals surface area contributed by atoms with Crippen LogP contribution >= 0.6 is 0 Å². The molecule has 3 aliphatic rings. The van der Waals surface area contributed by atoms with E-state index in [1.807, 2.05) is 37.3 Å². The monoisotopic (exact) mass is 462 g/mol. The molecule has 0 aliphatic carbocycles. The molecular weight excluding hydrogens is 436 g/mol. The number of benzene rings is 1. The quantitative estimate of drug-likeness (QED) is 0.580. The molecule has 3 aliphatic heterocycles. The number of aromatic nitrogens is 4. The summed E-state index contributed by atoms with van der Waals surface area (Å²) in [5.74, 6) is -0.274. The molecule has 2 atom stereocenters. The number of hydrogen-bond donors (Lipinski definition) is 1. The predicted molar refractivity (Wildman–Crippen MR) is 121 cm³/mol. The van der Waals surface area contributed by atoms with Gasteiger partial charge in [0, 0.05) is 24.0 Å². The molecule has 3 aromatic rings. The zero-order valence-electron chi connectivity index (χ0n) is 18.9. The molecule has 0 saturated carbocycles. The minimum absolute atomic E-state index is 0.0506. The van der Waals surface area contributed by atoms with Gasteiger partial charge in [0.05, 0.1) is 22.7 Å². The zero-order chi connectivity index (χ0) is 23.4. The van der Waals surface area contributed by atoms with Gasteiger partial charge in [-0.1, -0.05) is 6.07 Å². The molecule has 176 valence electrons. The lowest BCUT2D eigenvalue weighted by atomic mass is 9.76. The number of piperidine rings is 1. The average molecular weight is 463 g/mol. The minimum Gasteiger partial charge on any atom is -0.456 e. The van der Waals surface area contributed by atoms with Crippen LogP contribution in [0.25, 0.3) is 16.6 Å². The number of nitrogens with zero attached hydrogens (tertiary/aromatic N) is 6. The van der Waals surface area contributed by atoms with Gasteiger partial charge < -0.3 is 19.6 Å². The maximum Gasteiger partial charge on any atom is 0.333 e. The van der Waals surface area contributed by atoms with E-state index < -0.39 is 11.5 Å². The summed E-state index contributed by atoms with van der Waals surface area (Å²) >= 11 is 0. The highest BCUT2D eigenvalue weighted by atomic mass is 16.5. The van der Waals surface area contributed by atoms with Crippen LogP contribution in [0.1, 0.15) is 37.9 Å². The number of pyridine rings is 1. The number of ether oxygens (including phenoxy) is 1. The van der Waals surface area contributed by atoms with Crippen LogP contribution in [-0.2, 0) is 14.3 Å². The molecule has 0 radical (unpaired) electrons. The number of likely N-dealkylation sites (tertiary alicyclic amines) is 2. The van der Waals surface area contributed by atoms with E-state index in [9.17, 15) is 14.7 Å². The van der Waals surface area contributed by atoms with Gasteiger partial charge >= 0.3 is 5.97 Å². The normalized spacial score (nSPS) is 23.8. The fraction of sp³-hybridized carbons (Fsp3) is 0.458. The van der Waals surface area contributed by atoms with Crippen molar-refractivity contribution in [2.75, 3.05) is 26.2 Å². The molecule has 34 heavy (non-hydrogen) atoms.